The summed E-state index contributed by atoms with van der Waals surface area (Å²) in [5.74, 6) is -0.465. The minimum absolute atomic E-state index is 0.132. The van der Waals surface area contributed by atoms with E-state index < -0.39 is 0 Å². The first-order valence-corrected chi connectivity index (χ1v) is 20.9. The van der Waals surface area contributed by atoms with E-state index in [9.17, 15) is 13.2 Å². The molecule has 0 saturated carbocycles. The highest BCUT2D eigenvalue weighted by atomic mass is 19.1. The van der Waals surface area contributed by atoms with E-state index in [1.165, 1.54) is 103 Å². The Morgan fingerprint density at radius 1 is 0.230 bits per heavy atom. The van der Waals surface area contributed by atoms with Gasteiger partial charge in [0.1, 0.15) is 17.5 Å². The van der Waals surface area contributed by atoms with Crippen LogP contribution in [0.3, 0.4) is 0 Å². The van der Waals surface area contributed by atoms with Gasteiger partial charge in [0, 0.05) is 0 Å². The third kappa shape index (κ3) is 23.1. The van der Waals surface area contributed by atoms with Crippen molar-refractivity contribution in [3.8, 4) is 0 Å². The van der Waals surface area contributed by atoms with Crippen molar-refractivity contribution in [2.24, 2.45) is 0 Å². The van der Waals surface area contributed by atoms with E-state index in [4.69, 9.17) is 0 Å². The molecule has 0 N–H and O–H groups in total. The van der Waals surface area contributed by atoms with Crippen LogP contribution in [-0.4, -0.2) is 0 Å². The fourth-order valence-corrected chi connectivity index (χ4v) is 5.93. The van der Waals surface area contributed by atoms with Crippen molar-refractivity contribution in [3.63, 3.8) is 0 Å². The highest BCUT2D eigenvalue weighted by Gasteiger charge is 1.96. The van der Waals surface area contributed by atoms with Crippen molar-refractivity contribution < 1.29 is 13.2 Å². The maximum atomic E-state index is 12.3. The third-order valence-corrected chi connectivity index (χ3v) is 10.0. The van der Waals surface area contributed by atoms with Crippen LogP contribution >= 0.6 is 0 Å². The van der Waals surface area contributed by atoms with Crippen LogP contribution in [0.25, 0.3) is 0 Å². The molecule has 0 saturated heterocycles. The lowest BCUT2D eigenvalue weighted by Crippen LogP contribution is -1.86. The normalized spacial score (nSPS) is 9.56. The second-order valence-corrected chi connectivity index (χ2v) is 16.1. The first-order valence-electron chi connectivity index (χ1n) is 20.9. The summed E-state index contributed by atoms with van der Waals surface area (Å²) in [6, 6.07) is 43.5. The van der Waals surface area contributed by atoms with Gasteiger partial charge in [-0.25, -0.2) is 13.2 Å². The summed E-state index contributed by atoms with van der Waals surface area (Å²) >= 11 is 0. The minimum Gasteiger partial charge on any atom is -0.207 e. The van der Waals surface area contributed by atoms with E-state index >= 15 is 0 Å². The standard InChI is InChI=1S/C10H14.3C9H12.3C7H7F/c1-7-5-8(2)10(4)9(3)6-7;1-7-4-8(2)6-9(3)5-7;1-7-4-5-8(2)9(3)6-7;1-7-5-4-6-8(2)9(7)3;1-6-2-4-7(8)5-3-6;1-6-3-2-4-7(8)5-6;1-6-4-2-3-5-7(6)8/h5-6H,1-4H3;3*4-6H,1-3H3;3*2-5H,1H3. The molecule has 0 aliphatic rings. The van der Waals surface area contributed by atoms with Gasteiger partial charge in [-0.05, 0) is 197 Å². The van der Waals surface area contributed by atoms with E-state index in [0.29, 0.717) is 5.56 Å². The van der Waals surface area contributed by atoms with Crippen molar-refractivity contribution in [3.05, 3.63) is 246 Å². The minimum atomic E-state index is -0.171. The van der Waals surface area contributed by atoms with E-state index in [0.717, 1.165) is 11.1 Å². The molecule has 0 atom stereocenters. The van der Waals surface area contributed by atoms with Gasteiger partial charge in [0.05, 0.1) is 0 Å². The van der Waals surface area contributed by atoms with Crippen LogP contribution in [0.5, 0.6) is 0 Å². The van der Waals surface area contributed by atoms with Crippen molar-refractivity contribution in [1.29, 1.82) is 0 Å². The SMILES string of the molecule is Cc1cc(C)c(C)c(C)c1.Cc1cc(C)cc(C)c1.Cc1ccc(C)c(C)c1.Cc1ccc(F)cc1.Cc1cccc(C)c1C.Cc1cccc(F)c1.Cc1ccccc1F. The molecule has 0 fully saturated rings. The van der Waals surface area contributed by atoms with Crippen molar-refractivity contribution in [1.82, 2.24) is 0 Å². The van der Waals surface area contributed by atoms with Crippen molar-refractivity contribution in [2.45, 2.75) is 111 Å². The van der Waals surface area contributed by atoms with Crippen LogP contribution in [0.15, 0.2) is 140 Å². The van der Waals surface area contributed by atoms with Gasteiger partial charge in [-0.2, -0.15) is 0 Å². The summed E-state index contributed by atoms with van der Waals surface area (Å²) < 4.78 is 36.6. The molecule has 0 heterocycles. The van der Waals surface area contributed by atoms with Crippen LogP contribution < -0.4 is 0 Å². The molecule has 0 unspecified atom stereocenters. The zero-order chi connectivity index (χ0) is 46.2. The fourth-order valence-electron chi connectivity index (χ4n) is 5.93. The monoisotopic (exact) mass is 825 g/mol. The first kappa shape index (κ1) is 53.3. The molecular formula is C58H71F3. The summed E-state index contributed by atoms with van der Waals surface area (Å²) in [6.07, 6.45) is 0. The average Bonchev–Trinajstić information content (AvgIpc) is 3.18. The van der Waals surface area contributed by atoms with Gasteiger partial charge in [0.25, 0.3) is 0 Å². The summed E-state index contributed by atoms with van der Waals surface area (Å²) in [7, 11) is 0. The quantitative estimate of drug-likeness (QED) is 0.143. The average molecular weight is 825 g/mol. The van der Waals surface area contributed by atoms with Crippen LogP contribution in [0.4, 0.5) is 13.2 Å². The molecule has 0 radical (unpaired) electrons. The van der Waals surface area contributed by atoms with Crippen LogP contribution in [0.1, 0.15) is 89.0 Å². The molecule has 0 aliphatic heterocycles. The predicted molar refractivity (Wildman–Crippen MR) is 261 cm³/mol. The van der Waals surface area contributed by atoms with Gasteiger partial charge in [0.15, 0.2) is 0 Å². The molecule has 0 aliphatic carbocycles. The lowest BCUT2D eigenvalue weighted by molar-refractivity contribution is 0.618. The Balaban J connectivity index is 0.000000356. The summed E-state index contributed by atoms with van der Waals surface area (Å²) in [5.41, 5.74) is 20.7. The lowest BCUT2D eigenvalue weighted by Gasteiger charge is -2.04. The largest absolute Gasteiger partial charge is 0.207 e. The number of hydrogen-bond donors (Lipinski definition) is 0. The maximum absolute atomic E-state index is 12.3. The molecule has 61 heavy (non-hydrogen) atoms. The number of benzene rings is 7. The number of rotatable bonds is 0. The van der Waals surface area contributed by atoms with Gasteiger partial charge >= 0.3 is 0 Å². The summed E-state index contributed by atoms with van der Waals surface area (Å²) in [5, 5.41) is 0. The summed E-state index contributed by atoms with van der Waals surface area (Å²) in [4.78, 5) is 0. The number of aryl methyl sites for hydroxylation is 14. The number of halogens is 3. The molecule has 0 aromatic heterocycles. The van der Waals surface area contributed by atoms with Crippen LogP contribution in [-0.2, 0) is 0 Å². The zero-order valence-corrected chi connectivity index (χ0v) is 39.9. The van der Waals surface area contributed by atoms with Crippen molar-refractivity contribution in [2.75, 3.05) is 0 Å². The Hall–Kier alpha value is -5.67. The summed E-state index contributed by atoms with van der Waals surface area (Å²) in [6.45, 7) is 33.4. The predicted octanol–water partition coefficient (Wildman–Crippen LogP) is 17.2. The molecule has 0 nitrogen and oxygen atoms in total. The molecule has 0 bridgehead atoms. The van der Waals surface area contributed by atoms with Gasteiger partial charge in [-0.3, -0.25) is 0 Å². The van der Waals surface area contributed by atoms with Gasteiger partial charge < -0.3 is 0 Å². The van der Waals surface area contributed by atoms with Gasteiger partial charge in [0.2, 0.25) is 0 Å². The zero-order valence-electron chi connectivity index (χ0n) is 39.9. The van der Waals surface area contributed by atoms with E-state index in [1.54, 1.807) is 37.3 Å². The molecule has 3 heteroatoms. The Morgan fingerprint density at radius 3 is 0.984 bits per heavy atom. The third-order valence-electron chi connectivity index (χ3n) is 10.0. The Labute approximate surface area is 368 Å². The van der Waals surface area contributed by atoms with Crippen LogP contribution in [0.2, 0.25) is 0 Å². The van der Waals surface area contributed by atoms with E-state index in [-0.39, 0.29) is 17.5 Å². The second-order valence-electron chi connectivity index (χ2n) is 16.1. The molecule has 0 spiro atoms. The smallest absolute Gasteiger partial charge is 0.126 e. The molecule has 0 amide bonds. The maximum Gasteiger partial charge on any atom is 0.126 e. The molecule has 324 valence electrons. The molecule has 7 aromatic rings. The van der Waals surface area contributed by atoms with Gasteiger partial charge in [-0.15, -0.1) is 0 Å². The first-order chi connectivity index (χ1) is 28.6. The Bertz CT molecular complexity index is 2200. The molecule has 7 aromatic carbocycles. The lowest BCUT2D eigenvalue weighted by atomic mass is 10.0. The highest BCUT2D eigenvalue weighted by molar-refractivity contribution is 5.36. The Kier molecular flexibility index (Phi) is 24.5. The second kappa shape index (κ2) is 28.0. The van der Waals surface area contributed by atoms with Crippen LogP contribution in [0, 0.1) is 128 Å². The van der Waals surface area contributed by atoms with E-state index in [1.807, 2.05) is 26.0 Å². The van der Waals surface area contributed by atoms with Crippen molar-refractivity contribution >= 4 is 0 Å². The number of hydrogen-bond acceptors (Lipinski definition) is 0. The highest BCUT2D eigenvalue weighted by Crippen LogP contribution is 2.14. The topological polar surface area (TPSA) is 0 Å². The van der Waals surface area contributed by atoms with Gasteiger partial charge in [-0.1, -0.05) is 143 Å². The Morgan fingerprint density at radius 2 is 0.623 bits per heavy atom. The molecule has 7 rings (SSSR count). The van der Waals surface area contributed by atoms with E-state index in [2.05, 4.69) is 157 Å². The molecular weight excluding hydrogens is 754 g/mol. The fraction of sp³-hybridized carbons (Fsp3) is 0.276.